The number of sulfonamides is 1. The van der Waals surface area contributed by atoms with E-state index in [0.29, 0.717) is 24.5 Å². The summed E-state index contributed by atoms with van der Waals surface area (Å²) in [6, 6.07) is 3.14. The van der Waals surface area contributed by atoms with Crippen LogP contribution in [0.1, 0.15) is 25.7 Å². The lowest BCUT2D eigenvalue weighted by Gasteiger charge is -2.67. The van der Waals surface area contributed by atoms with E-state index < -0.39 is 10.0 Å². The first-order chi connectivity index (χ1) is 12.3. The molecule has 1 aromatic carbocycles. The number of methoxy groups -OCH3 is 1. The zero-order valence-corrected chi connectivity index (χ0v) is 17.1. The quantitative estimate of drug-likeness (QED) is 0.769. The van der Waals surface area contributed by atoms with Gasteiger partial charge >= 0.3 is 0 Å². The van der Waals surface area contributed by atoms with Gasteiger partial charge in [-0.2, -0.15) is 4.31 Å². The van der Waals surface area contributed by atoms with Crippen molar-refractivity contribution in [1.29, 1.82) is 0 Å². The normalized spacial score (nSPS) is 32.3. The van der Waals surface area contributed by atoms with E-state index in [0.717, 1.165) is 30.9 Å². The molecule has 1 aromatic rings. The molecule has 0 aromatic heterocycles. The van der Waals surface area contributed by atoms with Crippen LogP contribution < -0.4 is 4.90 Å². The van der Waals surface area contributed by atoms with Crippen molar-refractivity contribution < 1.29 is 18.3 Å². The van der Waals surface area contributed by atoms with E-state index in [-0.39, 0.29) is 22.2 Å². The van der Waals surface area contributed by atoms with Gasteiger partial charge < -0.3 is 14.7 Å². The van der Waals surface area contributed by atoms with Crippen LogP contribution in [0.3, 0.4) is 0 Å². The van der Waals surface area contributed by atoms with Crippen molar-refractivity contribution in [3.63, 3.8) is 0 Å². The van der Waals surface area contributed by atoms with Crippen molar-refractivity contribution in [3.05, 3.63) is 12.1 Å². The highest BCUT2D eigenvalue weighted by Gasteiger charge is 2.61. The zero-order valence-electron chi connectivity index (χ0n) is 15.4. The van der Waals surface area contributed by atoms with Gasteiger partial charge in [0.05, 0.1) is 10.6 Å². The van der Waals surface area contributed by atoms with Crippen LogP contribution in [-0.2, 0) is 14.8 Å². The number of thioether (sulfide) groups is 1. The Hall–Kier alpha value is -0.960. The summed E-state index contributed by atoms with van der Waals surface area (Å²) in [5, 5.41) is 10.3. The Bertz CT molecular complexity index is 810. The second kappa shape index (κ2) is 6.29. The Balaban J connectivity index is 1.85. The molecule has 0 spiro atoms. The summed E-state index contributed by atoms with van der Waals surface area (Å²) in [4.78, 5) is 3.26. The fraction of sp³-hybridized carbons (Fsp3) is 0.667. The Morgan fingerprint density at radius 1 is 1.35 bits per heavy atom. The molecule has 1 heterocycles. The molecule has 4 aliphatic rings. The average Bonchev–Trinajstić information content (AvgIpc) is 2.59. The summed E-state index contributed by atoms with van der Waals surface area (Å²) >= 11 is 1.44. The van der Waals surface area contributed by atoms with Crippen LogP contribution in [0.4, 0.5) is 5.69 Å². The predicted molar refractivity (Wildman–Crippen MR) is 103 cm³/mol. The van der Waals surface area contributed by atoms with E-state index in [1.165, 1.54) is 22.1 Å². The average molecular weight is 399 g/mol. The van der Waals surface area contributed by atoms with Crippen molar-refractivity contribution in [3.8, 4) is 5.75 Å². The molecule has 26 heavy (non-hydrogen) atoms. The van der Waals surface area contributed by atoms with Crippen molar-refractivity contribution in [2.75, 3.05) is 38.5 Å². The standard InChI is InChI=1S/C18H26N2O4S2/c1-19-13(4-5-24-2)11-20(18-8-12(9-18)10-18)14-6-16(25-3)15(21)7-17(14)26(19,22)23/h6-7,12-13,21H,4-5,8-11H2,1-3H3/t12?,13-,18?/m1/s1. The maximum absolute atomic E-state index is 13.3. The third-order valence-electron chi connectivity index (χ3n) is 6.35. The number of phenols is 1. The van der Waals surface area contributed by atoms with Gasteiger partial charge in [-0.1, -0.05) is 0 Å². The number of benzene rings is 1. The van der Waals surface area contributed by atoms with E-state index in [1.807, 2.05) is 12.3 Å². The van der Waals surface area contributed by atoms with Gasteiger partial charge in [0.25, 0.3) is 0 Å². The number of aromatic hydroxyl groups is 1. The number of ether oxygens (including phenoxy) is 1. The maximum Gasteiger partial charge on any atom is 0.245 e. The molecule has 0 saturated heterocycles. The van der Waals surface area contributed by atoms with Gasteiger partial charge in [-0.15, -0.1) is 11.8 Å². The summed E-state index contributed by atoms with van der Waals surface area (Å²) in [5.74, 6) is 0.826. The number of hydrogen-bond donors (Lipinski definition) is 1. The lowest BCUT2D eigenvalue weighted by atomic mass is 9.49. The number of phenolic OH excluding ortho intramolecular Hbond substituents is 1. The molecule has 6 nitrogen and oxygen atoms in total. The first-order valence-electron chi connectivity index (χ1n) is 8.98. The van der Waals surface area contributed by atoms with Crippen molar-refractivity contribution >= 4 is 27.5 Å². The molecule has 3 fully saturated rings. The highest BCUT2D eigenvalue weighted by atomic mass is 32.2. The summed E-state index contributed by atoms with van der Waals surface area (Å²) in [6.07, 6.45) is 5.97. The first-order valence-corrected chi connectivity index (χ1v) is 11.6. The monoisotopic (exact) mass is 398 g/mol. The number of likely N-dealkylation sites (N-methyl/N-ethyl adjacent to an activating group) is 1. The van der Waals surface area contributed by atoms with Crippen LogP contribution in [0.15, 0.2) is 21.9 Å². The minimum atomic E-state index is -3.68. The van der Waals surface area contributed by atoms with Crippen LogP contribution in [-0.4, -0.2) is 63.0 Å². The van der Waals surface area contributed by atoms with Crippen LogP contribution in [0.2, 0.25) is 0 Å². The smallest absolute Gasteiger partial charge is 0.245 e. The second-order valence-corrected chi connectivity index (χ2v) is 10.6. The first kappa shape index (κ1) is 18.4. The molecule has 1 atom stereocenters. The summed E-state index contributed by atoms with van der Waals surface area (Å²) in [5.41, 5.74) is 0.843. The number of fused-ring (bicyclic) bond motifs is 1. The number of hydrogen-bond acceptors (Lipinski definition) is 6. The SMILES string of the molecule is COCC[C@@H]1CN(C23CC(C2)C3)c2cc(SC)c(O)cc2S(=O)(=O)N1C. The van der Waals surface area contributed by atoms with E-state index in [1.54, 1.807) is 14.2 Å². The summed E-state index contributed by atoms with van der Waals surface area (Å²) in [6.45, 7) is 1.18. The Kier molecular flexibility index (Phi) is 4.45. The van der Waals surface area contributed by atoms with Crippen LogP contribution in [0, 0.1) is 5.92 Å². The molecule has 0 unspecified atom stereocenters. The van der Waals surface area contributed by atoms with Crippen molar-refractivity contribution in [2.24, 2.45) is 5.92 Å². The molecule has 5 rings (SSSR count). The molecule has 1 N–H and O–H groups in total. The zero-order chi connectivity index (χ0) is 18.7. The largest absolute Gasteiger partial charge is 0.507 e. The highest BCUT2D eigenvalue weighted by molar-refractivity contribution is 7.98. The molecule has 3 aliphatic carbocycles. The fourth-order valence-electron chi connectivity index (χ4n) is 4.63. The lowest BCUT2D eigenvalue weighted by molar-refractivity contribution is -0.0273. The van der Waals surface area contributed by atoms with Gasteiger partial charge in [-0.25, -0.2) is 8.42 Å². The molecule has 144 valence electrons. The second-order valence-electron chi connectivity index (χ2n) is 7.76. The number of rotatable bonds is 5. The molecule has 3 saturated carbocycles. The molecular weight excluding hydrogens is 372 g/mol. The third kappa shape index (κ3) is 2.57. The minimum absolute atomic E-state index is 0.0288. The van der Waals surface area contributed by atoms with Gasteiger partial charge in [-0.05, 0) is 43.9 Å². The van der Waals surface area contributed by atoms with E-state index in [4.69, 9.17) is 4.74 Å². The highest BCUT2D eigenvalue weighted by Crippen LogP contribution is 2.62. The fourth-order valence-corrected chi connectivity index (χ4v) is 6.70. The van der Waals surface area contributed by atoms with Gasteiger partial charge in [0.1, 0.15) is 10.6 Å². The van der Waals surface area contributed by atoms with Gasteiger partial charge in [0, 0.05) is 45.0 Å². The van der Waals surface area contributed by atoms with Crippen LogP contribution >= 0.6 is 11.8 Å². The van der Waals surface area contributed by atoms with Gasteiger partial charge in [0.2, 0.25) is 10.0 Å². The molecule has 0 radical (unpaired) electrons. The molecule has 2 bridgehead atoms. The third-order valence-corrected chi connectivity index (χ3v) is 9.06. The van der Waals surface area contributed by atoms with E-state index >= 15 is 0 Å². The Morgan fingerprint density at radius 3 is 2.58 bits per heavy atom. The Labute approximate surface area is 159 Å². The Morgan fingerprint density at radius 2 is 2.04 bits per heavy atom. The van der Waals surface area contributed by atoms with Gasteiger partial charge in [0.15, 0.2) is 0 Å². The molecular formula is C18H26N2O4S2. The maximum atomic E-state index is 13.3. The summed E-state index contributed by atoms with van der Waals surface area (Å²) in [7, 11) is -0.394. The predicted octanol–water partition coefficient (Wildman–Crippen LogP) is 2.51. The van der Waals surface area contributed by atoms with Crippen molar-refractivity contribution in [1.82, 2.24) is 4.31 Å². The molecule has 1 aliphatic heterocycles. The lowest BCUT2D eigenvalue weighted by Crippen LogP contribution is -2.69. The van der Waals surface area contributed by atoms with E-state index in [9.17, 15) is 13.5 Å². The van der Waals surface area contributed by atoms with E-state index in [2.05, 4.69) is 4.90 Å². The van der Waals surface area contributed by atoms with Crippen LogP contribution in [0.5, 0.6) is 5.75 Å². The number of nitrogens with zero attached hydrogens (tertiary/aromatic N) is 2. The minimum Gasteiger partial charge on any atom is -0.507 e. The van der Waals surface area contributed by atoms with Crippen molar-refractivity contribution in [2.45, 2.75) is 47.1 Å². The molecule has 8 heteroatoms. The van der Waals surface area contributed by atoms with Crippen LogP contribution in [0.25, 0.3) is 0 Å². The molecule has 0 amide bonds. The van der Waals surface area contributed by atoms with Gasteiger partial charge in [-0.3, -0.25) is 0 Å². The summed E-state index contributed by atoms with van der Waals surface area (Å²) < 4.78 is 33.3. The number of anilines is 1. The topological polar surface area (TPSA) is 70.1 Å².